The maximum absolute atomic E-state index is 2.59. The van der Waals surface area contributed by atoms with Crippen molar-refractivity contribution in [3.8, 4) is 0 Å². The molecule has 2 saturated carbocycles. The molecule has 0 spiro atoms. The van der Waals surface area contributed by atoms with Gasteiger partial charge in [0.05, 0.1) is 0 Å². The first kappa shape index (κ1) is 14.5. The van der Waals surface area contributed by atoms with Crippen LogP contribution in [0.5, 0.6) is 0 Å². The standard InChI is InChI=1S/C15H30As2/c1-15(2,11-3-7-13(16)8-4-11)12-5-9-14(17)10-6-12/h11-14H,3-10,16-17H2,1-2H3. The number of hydrogen-bond donors (Lipinski definition) is 0. The summed E-state index contributed by atoms with van der Waals surface area (Å²) in [4.78, 5) is 0. The molecule has 0 aromatic heterocycles. The summed E-state index contributed by atoms with van der Waals surface area (Å²) < 4.78 is 2.12. The van der Waals surface area contributed by atoms with Gasteiger partial charge in [-0.1, -0.05) is 0 Å². The fourth-order valence-corrected chi connectivity index (χ4v) is 5.67. The van der Waals surface area contributed by atoms with Crippen LogP contribution < -0.4 is 0 Å². The summed E-state index contributed by atoms with van der Waals surface area (Å²) in [5.74, 6) is 2.05. The van der Waals surface area contributed by atoms with Gasteiger partial charge < -0.3 is 0 Å². The van der Waals surface area contributed by atoms with E-state index < -0.39 is 0 Å². The summed E-state index contributed by atoms with van der Waals surface area (Å²) in [5, 5.41) is 0. The average Bonchev–Trinajstić information content (AvgIpc) is 2.30. The van der Waals surface area contributed by atoms with Gasteiger partial charge in [-0.3, -0.25) is 0 Å². The van der Waals surface area contributed by atoms with Crippen LogP contribution in [0, 0.1) is 17.3 Å². The van der Waals surface area contributed by atoms with E-state index in [4.69, 9.17) is 0 Å². The van der Waals surface area contributed by atoms with Crippen molar-refractivity contribution in [2.24, 2.45) is 17.3 Å². The molecule has 2 atom stereocenters. The van der Waals surface area contributed by atoms with E-state index in [1.165, 1.54) is 51.4 Å². The molecule has 17 heavy (non-hydrogen) atoms. The van der Waals surface area contributed by atoms with E-state index >= 15 is 0 Å². The van der Waals surface area contributed by atoms with Gasteiger partial charge in [0.15, 0.2) is 0 Å². The molecule has 0 aliphatic heterocycles. The third kappa shape index (κ3) is 3.57. The second-order valence-electron chi connectivity index (χ2n) is 7.04. The van der Waals surface area contributed by atoms with Crippen molar-refractivity contribution in [1.29, 1.82) is 0 Å². The second-order valence-corrected chi connectivity index (χ2v) is 11.0. The quantitative estimate of drug-likeness (QED) is 0.664. The van der Waals surface area contributed by atoms with Gasteiger partial charge in [-0.25, -0.2) is 0 Å². The van der Waals surface area contributed by atoms with E-state index in [1.54, 1.807) is 0 Å². The van der Waals surface area contributed by atoms with Gasteiger partial charge in [-0.2, -0.15) is 0 Å². The normalized spacial score (nSPS) is 40.2. The summed E-state index contributed by atoms with van der Waals surface area (Å²) in [6, 6.07) is 0. The van der Waals surface area contributed by atoms with Crippen LogP contribution >= 0.6 is 0 Å². The zero-order valence-corrected chi connectivity index (χ0v) is 16.5. The van der Waals surface area contributed by atoms with Crippen molar-refractivity contribution < 1.29 is 0 Å². The Balaban J connectivity index is 1.93. The molecule has 2 rings (SSSR count). The molecule has 2 aliphatic carbocycles. The molecule has 0 saturated heterocycles. The van der Waals surface area contributed by atoms with E-state index in [-0.39, 0.29) is 0 Å². The van der Waals surface area contributed by atoms with E-state index in [0.29, 0.717) is 5.41 Å². The Labute approximate surface area is 125 Å². The van der Waals surface area contributed by atoms with E-state index in [2.05, 4.69) is 13.8 Å². The Morgan fingerprint density at radius 1 is 0.647 bits per heavy atom. The van der Waals surface area contributed by atoms with Crippen LogP contribution in [-0.4, -0.2) is 33.7 Å². The molecule has 2 aliphatic rings. The Morgan fingerprint density at radius 2 is 0.941 bits per heavy atom. The van der Waals surface area contributed by atoms with Crippen LogP contribution in [0.2, 0.25) is 9.41 Å². The Kier molecular flexibility index (Phi) is 5.17. The first-order valence-corrected chi connectivity index (χ1v) is 10.3. The molecule has 0 bridgehead atoms. The summed E-state index contributed by atoms with van der Waals surface area (Å²) in [5.41, 5.74) is 0.625. The van der Waals surface area contributed by atoms with E-state index in [1.807, 2.05) is 33.7 Å². The van der Waals surface area contributed by atoms with Crippen molar-refractivity contribution in [2.75, 3.05) is 0 Å². The molecular weight excluding hydrogens is 330 g/mol. The molecule has 0 N–H and O–H groups in total. The second kappa shape index (κ2) is 6.05. The Hall–Kier alpha value is 1.12. The fourth-order valence-electron chi connectivity index (χ4n) is 4.06. The van der Waals surface area contributed by atoms with Crippen LogP contribution in [0.15, 0.2) is 0 Å². The van der Waals surface area contributed by atoms with E-state index in [9.17, 15) is 0 Å². The maximum atomic E-state index is 2.59. The van der Waals surface area contributed by atoms with Crippen LogP contribution in [-0.2, 0) is 0 Å². The molecule has 2 fully saturated rings. The molecule has 0 radical (unpaired) electrons. The molecular formula is C15H30As2. The van der Waals surface area contributed by atoms with Gasteiger partial charge in [-0.05, 0) is 0 Å². The minimum absolute atomic E-state index is 0.625. The van der Waals surface area contributed by atoms with Crippen molar-refractivity contribution in [2.45, 2.75) is 74.6 Å². The molecule has 0 aromatic rings. The molecule has 0 aromatic carbocycles. The van der Waals surface area contributed by atoms with Crippen molar-refractivity contribution in [3.63, 3.8) is 0 Å². The van der Waals surface area contributed by atoms with Gasteiger partial charge in [0, 0.05) is 0 Å². The van der Waals surface area contributed by atoms with Crippen LogP contribution in [0.1, 0.15) is 65.2 Å². The first-order valence-electron chi connectivity index (χ1n) is 7.51. The van der Waals surface area contributed by atoms with Crippen LogP contribution in [0.25, 0.3) is 0 Å². The van der Waals surface area contributed by atoms with Crippen LogP contribution in [0.3, 0.4) is 0 Å². The monoisotopic (exact) mass is 360 g/mol. The van der Waals surface area contributed by atoms with Gasteiger partial charge in [0.25, 0.3) is 0 Å². The zero-order chi connectivity index (χ0) is 12.5. The third-order valence-corrected chi connectivity index (χ3v) is 8.45. The fraction of sp³-hybridized carbons (Fsp3) is 1.00. The van der Waals surface area contributed by atoms with Gasteiger partial charge in [0.1, 0.15) is 0 Å². The van der Waals surface area contributed by atoms with Gasteiger partial charge in [-0.15, -0.1) is 0 Å². The molecule has 2 heteroatoms. The summed E-state index contributed by atoms with van der Waals surface area (Å²) in [6.45, 7) is 5.18. The summed E-state index contributed by atoms with van der Waals surface area (Å²) in [7, 11) is 0. The molecule has 0 amide bonds. The molecule has 0 nitrogen and oxygen atoms in total. The molecule has 0 heterocycles. The predicted molar refractivity (Wildman–Crippen MR) is 82.3 cm³/mol. The average molecular weight is 360 g/mol. The molecule has 100 valence electrons. The predicted octanol–water partition coefficient (Wildman–Crippen LogP) is 3.24. The third-order valence-electron chi connectivity index (χ3n) is 5.65. The van der Waals surface area contributed by atoms with Crippen molar-refractivity contribution >= 4 is 33.7 Å². The molecule has 2 unspecified atom stereocenters. The SMILES string of the molecule is CC(C)(C1CCC([AsH2])CC1)C1CCC([AsH2])CC1. The Bertz CT molecular complexity index is 209. The topological polar surface area (TPSA) is 0 Å². The van der Waals surface area contributed by atoms with Gasteiger partial charge in [0.2, 0.25) is 0 Å². The number of hydrogen-bond acceptors (Lipinski definition) is 0. The van der Waals surface area contributed by atoms with E-state index in [0.717, 1.165) is 21.2 Å². The summed E-state index contributed by atoms with van der Waals surface area (Å²) in [6.07, 6.45) is 12.1. The number of rotatable bonds is 2. The first-order chi connectivity index (χ1) is 8.00. The Morgan fingerprint density at radius 3 is 1.24 bits per heavy atom. The van der Waals surface area contributed by atoms with Crippen molar-refractivity contribution in [3.05, 3.63) is 0 Å². The zero-order valence-electron chi connectivity index (χ0n) is 11.6. The summed E-state index contributed by atoms with van der Waals surface area (Å²) >= 11 is 3.98. The van der Waals surface area contributed by atoms with Crippen LogP contribution in [0.4, 0.5) is 0 Å². The van der Waals surface area contributed by atoms with Gasteiger partial charge >= 0.3 is 126 Å². The minimum atomic E-state index is 0.625. The van der Waals surface area contributed by atoms with Crippen molar-refractivity contribution in [1.82, 2.24) is 0 Å².